The smallest absolute Gasteiger partial charge is 0.229 e. The van der Waals surface area contributed by atoms with E-state index in [1.165, 1.54) is 5.56 Å². The maximum absolute atomic E-state index is 12.2. The van der Waals surface area contributed by atoms with Gasteiger partial charge in [-0.3, -0.25) is 4.79 Å². The van der Waals surface area contributed by atoms with Crippen molar-refractivity contribution in [3.8, 4) is 11.5 Å². The van der Waals surface area contributed by atoms with Gasteiger partial charge in [-0.25, -0.2) is 4.98 Å². The van der Waals surface area contributed by atoms with Crippen LogP contribution in [0.25, 0.3) is 0 Å². The molecule has 6 heteroatoms. The van der Waals surface area contributed by atoms with E-state index in [-0.39, 0.29) is 5.91 Å². The van der Waals surface area contributed by atoms with Crippen molar-refractivity contribution < 1.29 is 14.3 Å². The van der Waals surface area contributed by atoms with Gasteiger partial charge in [-0.15, -0.1) is 0 Å². The Bertz CT molecular complexity index is 969. The highest BCUT2D eigenvalue weighted by molar-refractivity contribution is 5.91. The predicted octanol–water partition coefficient (Wildman–Crippen LogP) is 4.09. The number of rotatable bonds is 5. The van der Waals surface area contributed by atoms with E-state index in [0.29, 0.717) is 25.5 Å². The molecule has 0 radical (unpaired) electrons. The number of carbonyl (C=O) groups excluding carboxylic acids is 1. The summed E-state index contributed by atoms with van der Waals surface area (Å²) in [4.78, 5) is 16.5. The number of nitrogens with zero attached hydrogens (tertiary/aromatic N) is 1. The van der Waals surface area contributed by atoms with Gasteiger partial charge in [0.2, 0.25) is 5.91 Å². The van der Waals surface area contributed by atoms with E-state index in [1.54, 1.807) is 12.3 Å². The lowest BCUT2D eigenvalue weighted by atomic mass is 10.1. The molecule has 142 valence electrons. The molecule has 1 aliphatic heterocycles. The molecule has 6 nitrogen and oxygen atoms in total. The second-order valence-corrected chi connectivity index (χ2v) is 6.63. The Balaban J connectivity index is 1.35. The molecule has 28 heavy (non-hydrogen) atoms. The normalized spacial score (nSPS) is 12.3. The monoisotopic (exact) mass is 375 g/mol. The SMILES string of the molecule is Cc1ccc(CC(=O)Nc2ccc(Nc3ccc4c(c3)OCCO4)cn2)cc1. The molecule has 4 rings (SSSR count). The van der Waals surface area contributed by atoms with Crippen LogP contribution in [-0.2, 0) is 11.2 Å². The lowest BCUT2D eigenvalue weighted by Gasteiger charge is -2.19. The predicted molar refractivity (Wildman–Crippen MR) is 108 cm³/mol. The van der Waals surface area contributed by atoms with Crippen LogP contribution >= 0.6 is 0 Å². The van der Waals surface area contributed by atoms with Crippen molar-refractivity contribution >= 4 is 23.1 Å². The molecule has 2 heterocycles. The topological polar surface area (TPSA) is 72.5 Å². The number of aromatic nitrogens is 1. The average molecular weight is 375 g/mol. The minimum atomic E-state index is -0.0936. The molecular weight excluding hydrogens is 354 g/mol. The first-order valence-electron chi connectivity index (χ1n) is 9.14. The number of benzene rings is 2. The van der Waals surface area contributed by atoms with Crippen molar-refractivity contribution in [1.29, 1.82) is 0 Å². The Morgan fingerprint density at radius 1 is 0.964 bits per heavy atom. The van der Waals surface area contributed by atoms with Crippen LogP contribution in [0, 0.1) is 6.92 Å². The second-order valence-electron chi connectivity index (χ2n) is 6.63. The molecule has 2 N–H and O–H groups in total. The fraction of sp³-hybridized carbons (Fsp3) is 0.182. The zero-order chi connectivity index (χ0) is 19.3. The summed E-state index contributed by atoms with van der Waals surface area (Å²) in [5, 5.41) is 6.09. The number of fused-ring (bicyclic) bond motifs is 1. The van der Waals surface area contributed by atoms with Crippen molar-refractivity contribution in [3.63, 3.8) is 0 Å². The highest BCUT2D eigenvalue weighted by Gasteiger charge is 2.12. The van der Waals surface area contributed by atoms with Crippen LogP contribution in [0.1, 0.15) is 11.1 Å². The molecule has 1 amide bonds. The number of hydrogen-bond donors (Lipinski definition) is 2. The molecule has 3 aromatic rings. The Labute approximate surface area is 163 Å². The third-order valence-electron chi connectivity index (χ3n) is 4.35. The lowest BCUT2D eigenvalue weighted by molar-refractivity contribution is -0.115. The molecule has 0 saturated heterocycles. The van der Waals surface area contributed by atoms with E-state index in [0.717, 1.165) is 28.4 Å². The van der Waals surface area contributed by atoms with E-state index >= 15 is 0 Å². The van der Waals surface area contributed by atoms with Gasteiger partial charge < -0.3 is 20.1 Å². The third kappa shape index (κ3) is 4.40. The van der Waals surface area contributed by atoms with Gasteiger partial charge in [0.25, 0.3) is 0 Å². The zero-order valence-corrected chi connectivity index (χ0v) is 15.6. The zero-order valence-electron chi connectivity index (χ0n) is 15.6. The van der Waals surface area contributed by atoms with E-state index in [1.807, 2.05) is 55.5 Å². The van der Waals surface area contributed by atoms with Crippen LogP contribution in [0.2, 0.25) is 0 Å². The van der Waals surface area contributed by atoms with Gasteiger partial charge in [-0.1, -0.05) is 29.8 Å². The van der Waals surface area contributed by atoms with Crippen molar-refractivity contribution in [3.05, 3.63) is 71.9 Å². The van der Waals surface area contributed by atoms with Gasteiger partial charge in [0.1, 0.15) is 19.0 Å². The molecule has 0 fully saturated rings. The molecule has 1 aromatic heterocycles. The Morgan fingerprint density at radius 3 is 2.46 bits per heavy atom. The van der Waals surface area contributed by atoms with Crippen molar-refractivity contribution in [1.82, 2.24) is 4.98 Å². The van der Waals surface area contributed by atoms with E-state index < -0.39 is 0 Å². The van der Waals surface area contributed by atoms with Crippen LogP contribution in [0.5, 0.6) is 11.5 Å². The Kier molecular flexibility index (Phi) is 5.10. The maximum atomic E-state index is 12.2. The summed E-state index contributed by atoms with van der Waals surface area (Å²) in [5.41, 5.74) is 3.84. The molecular formula is C22H21N3O3. The summed E-state index contributed by atoms with van der Waals surface area (Å²) in [6.07, 6.45) is 2.00. The molecule has 0 unspecified atom stereocenters. The number of amides is 1. The minimum absolute atomic E-state index is 0.0936. The number of ether oxygens (including phenoxy) is 2. The van der Waals surface area contributed by atoms with Crippen LogP contribution in [0.4, 0.5) is 17.2 Å². The first kappa shape index (κ1) is 17.9. The molecule has 1 aliphatic rings. The summed E-state index contributed by atoms with van der Waals surface area (Å²) in [5.74, 6) is 1.90. The number of anilines is 3. The van der Waals surface area contributed by atoms with E-state index in [4.69, 9.17) is 9.47 Å². The van der Waals surface area contributed by atoms with Crippen LogP contribution in [0.15, 0.2) is 60.8 Å². The summed E-state index contributed by atoms with van der Waals surface area (Å²) in [6, 6.07) is 17.3. The molecule has 0 saturated carbocycles. The average Bonchev–Trinajstić information content (AvgIpc) is 2.71. The van der Waals surface area contributed by atoms with Crippen molar-refractivity contribution in [2.75, 3.05) is 23.8 Å². The summed E-state index contributed by atoms with van der Waals surface area (Å²) < 4.78 is 11.1. The third-order valence-corrected chi connectivity index (χ3v) is 4.35. The molecule has 0 spiro atoms. The minimum Gasteiger partial charge on any atom is -0.486 e. The van der Waals surface area contributed by atoms with Crippen molar-refractivity contribution in [2.45, 2.75) is 13.3 Å². The van der Waals surface area contributed by atoms with Gasteiger partial charge in [0.15, 0.2) is 11.5 Å². The second kappa shape index (κ2) is 8.00. The maximum Gasteiger partial charge on any atom is 0.229 e. The standard InChI is InChI=1S/C22H21N3O3/c1-15-2-4-16(5-3-15)12-22(26)25-21-9-7-18(14-23-21)24-17-6-8-19-20(13-17)28-11-10-27-19/h2-9,13-14,24H,10-12H2,1H3,(H,23,25,26). The van der Waals surface area contributed by atoms with Gasteiger partial charge in [0.05, 0.1) is 18.3 Å². The fourth-order valence-electron chi connectivity index (χ4n) is 2.91. The molecule has 2 aromatic carbocycles. The number of nitrogens with one attached hydrogen (secondary N) is 2. The number of pyridine rings is 1. The first-order chi connectivity index (χ1) is 13.7. The molecule has 0 aliphatic carbocycles. The number of hydrogen-bond acceptors (Lipinski definition) is 5. The van der Waals surface area contributed by atoms with Crippen LogP contribution < -0.4 is 20.1 Å². The molecule has 0 bridgehead atoms. The first-order valence-corrected chi connectivity index (χ1v) is 9.14. The highest BCUT2D eigenvalue weighted by atomic mass is 16.6. The van der Waals surface area contributed by atoms with Crippen molar-refractivity contribution in [2.24, 2.45) is 0 Å². The largest absolute Gasteiger partial charge is 0.486 e. The Morgan fingerprint density at radius 2 is 1.71 bits per heavy atom. The van der Waals surface area contributed by atoms with Gasteiger partial charge in [0, 0.05) is 11.8 Å². The summed E-state index contributed by atoms with van der Waals surface area (Å²) in [6.45, 7) is 3.14. The molecule has 0 atom stereocenters. The van der Waals surface area contributed by atoms with Gasteiger partial charge in [-0.05, 0) is 36.8 Å². The van der Waals surface area contributed by atoms with E-state index in [2.05, 4.69) is 15.6 Å². The summed E-state index contributed by atoms with van der Waals surface area (Å²) in [7, 11) is 0. The van der Waals surface area contributed by atoms with Gasteiger partial charge in [-0.2, -0.15) is 0 Å². The highest BCUT2D eigenvalue weighted by Crippen LogP contribution is 2.33. The summed E-state index contributed by atoms with van der Waals surface area (Å²) >= 11 is 0. The van der Waals surface area contributed by atoms with Gasteiger partial charge >= 0.3 is 0 Å². The quantitative estimate of drug-likeness (QED) is 0.703. The fourth-order valence-corrected chi connectivity index (χ4v) is 2.91. The lowest BCUT2D eigenvalue weighted by Crippen LogP contribution is -2.15. The van der Waals surface area contributed by atoms with Crippen LogP contribution in [-0.4, -0.2) is 24.1 Å². The number of aryl methyl sites for hydroxylation is 1. The number of carbonyl (C=O) groups is 1. The van der Waals surface area contributed by atoms with Crippen LogP contribution in [0.3, 0.4) is 0 Å². The van der Waals surface area contributed by atoms with E-state index in [9.17, 15) is 4.79 Å². The Hall–Kier alpha value is -3.54.